The van der Waals surface area contributed by atoms with E-state index in [1.165, 1.54) is 34.6 Å². The van der Waals surface area contributed by atoms with Gasteiger partial charge >= 0.3 is 6.18 Å². The van der Waals surface area contributed by atoms with Crippen LogP contribution in [0.15, 0.2) is 53.4 Å². The van der Waals surface area contributed by atoms with E-state index in [0.29, 0.717) is 13.1 Å². The lowest BCUT2D eigenvalue weighted by Crippen LogP contribution is -2.44. The molecule has 12 heteroatoms. The first-order valence-electron chi connectivity index (χ1n) is 10.1. The highest BCUT2D eigenvalue weighted by molar-refractivity contribution is 7.89. The number of amides is 2. The highest BCUT2D eigenvalue weighted by Gasteiger charge is 2.30. The molecule has 3 rings (SSSR count). The molecule has 1 heterocycles. The number of piperidine rings is 1. The number of benzene rings is 2. The van der Waals surface area contributed by atoms with E-state index >= 15 is 0 Å². The Bertz CT molecular complexity index is 1120. The summed E-state index contributed by atoms with van der Waals surface area (Å²) in [6.07, 6.45) is -2.04. The molecule has 0 radical (unpaired) electrons. The molecule has 0 aliphatic carbocycles. The van der Waals surface area contributed by atoms with Crippen LogP contribution < -0.4 is 15.6 Å². The van der Waals surface area contributed by atoms with Gasteiger partial charge in [-0.05, 0) is 49.2 Å². The van der Waals surface area contributed by atoms with Gasteiger partial charge in [0.1, 0.15) is 5.75 Å². The molecule has 1 aliphatic rings. The Balaban J connectivity index is 1.55. The minimum absolute atomic E-state index is 0.00665. The maximum atomic E-state index is 12.8. The molecule has 0 bridgehead atoms. The zero-order valence-corrected chi connectivity index (χ0v) is 18.2. The van der Waals surface area contributed by atoms with Gasteiger partial charge in [0.05, 0.1) is 10.5 Å². The summed E-state index contributed by atoms with van der Waals surface area (Å²) in [5, 5.41) is 0. The summed E-state index contributed by atoms with van der Waals surface area (Å²) in [6.45, 7) is 0.187. The van der Waals surface area contributed by atoms with Crippen LogP contribution in [-0.2, 0) is 21.0 Å². The Morgan fingerprint density at radius 1 is 0.970 bits per heavy atom. The van der Waals surface area contributed by atoms with Gasteiger partial charge in [0.2, 0.25) is 10.0 Å². The molecule has 1 saturated heterocycles. The lowest BCUT2D eigenvalue weighted by molar-refractivity contribution is -0.137. The normalized spacial score (nSPS) is 15.0. The highest BCUT2D eigenvalue weighted by Crippen LogP contribution is 2.31. The smallest absolute Gasteiger partial charge is 0.416 e. The van der Waals surface area contributed by atoms with E-state index in [9.17, 15) is 31.2 Å². The third-order valence-electron chi connectivity index (χ3n) is 4.90. The summed E-state index contributed by atoms with van der Waals surface area (Å²) < 4.78 is 70.1. The van der Waals surface area contributed by atoms with Crippen LogP contribution in [0.1, 0.15) is 35.2 Å². The Hall–Kier alpha value is -3.12. The van der Waals surface area contributed by atoms with Crippen LogP contribution in [0.4, 0.5) is 13.2 Å². The molecule has 2 N–H and O–H groups in total. The van der Waals surface area contributed by atoms with Crippen molar-refractivity contribution in [3.63, 3.8) is 0 Å². The van der Waals surface area contributed by atoms with Gasteiger partial charge in [-0.25, -0.2) is 8.42 Å². The Morgan fingerprint density at radius 3 is 2.36 bits per heavy atom. The molecule has 1 aliphatic heterocycles. The van der Waals surface area contributed by atoms with Gasteiger partial charge in [-0.3, -0.25) is 20.4 Å². The zero-order valence-electron chi connectivity index (χ0n) is 17.4. The third kappa shape index (κ3) is 6.45. The van der Waals surface area contributed by atoms with Crippen molar-refractivity contribution in [3.05, 3.63) is 59.7 Å². The summed E-state index contributed by atoms with van der Waals surface area (Å²) in [6, 6.07) is 9.43. The molecule has 2 amide bonds. The Kier molecular flexibility index (Phi) is 7.59. The second kappa shape index (κ2) is 10.2. The predicted molar refractivity (Wildman–Crippen MR) is 112 cm³/mol. The van der Waals surface area contributed by atoms with E-state index in [-0.39, 0.29) is 16.2 Å². The molecule has 2 aromatic carbocycles. The first-order chi connectivity index (χ1) is 15.6. The summed E-state index contributed by atoms with van der Waals surface area (Å²) >= 11 is 0. The number of carbonyl (C=O) groups is 2. The van der Waals surface area contributed by atoms with E-state index in [0.717, 1.165) is 37.5 Å². The fourth-order valence-corrected chi connectivity index (χ4v) is 4.76. The molecule has 2 aromatic rings. The standard InChI is InChI=1S/C21H22F3N3O5S/c22-21(23,24)16-7-5-8-17(13-16)32-14-19(28)25-26-20(29)15-6-4-9-18(12-15)33(30,31)27-10-2-1-3-11-27/h4-9,12-13H,1-3,10-11,14H2,(H,25,28)(H,26,29). The number of rotatable bonds is 6. The van der Waals surface area contributed by atoms with E-state index < -0.39 is 40.2 Å². The van der Waals surface area contributed by atoms with Crippen molar-refractivity contribution in [3.8, 4) is 5.75 Å². The monoisotopic (exact) mass is 485 g/mol. The number of hydrazine groups is 1. The Morgan fingerprint density at radius 2 is 1.67 bits per heavy atom. The average molecular weight is 485 g/mol. The van der Waals surface area contributed by atoms with Crippen molar-refractivity contribution < 1.29 is 35.9 Å². The van der Waals surface area contributed by atoms with Crippen molar-refractivity contribution in [2.75, 3.05) is 19.7 Å². The highest BCUT2D eigenvalue weighted by atomic mass is 32.2. The third-order valence-corrected chi connectivity index (χ3v) is 6.79. The lowest BCUT2D eigenvalue weighted by Gasteiger charge is -2.26. The van der Waals surface area contributed by atoms with Crippen LogP contribution >= 0.6 is 0 Å². The second-order valence-corrected chi connectivity index (χ2v) is 9.25. The first-order valence-corrected chi connectivity index (χ1v) is 11.5. The molecule has 0 spiro atoms. The van der Waals surface area contributed by atoms with E-state index in [4.69, 9.17) is 4.74 Å². The molecule has 8 nitrogen and oxygen atoms in total. The van der Waals surface area contributed by atoms with E-state index in [1.807, 2.05) is 0 Å². The van der Waals surface area contributed by atoms with Crippen molar-refractivity contribution in [2.45, 2.75) is 30.3 Å². The molecule has 178 valence electrons. The number of alkyl halides is 3. The lowest BCUT2D eigenvalue weighted by atomic mass is 10.2. The van der Waals surface area contributed by atoms with Gasteiger partial charge in [-0.15, -0.1) is 0 Å². The quantitative estimate of drug-likeness (QED) is 0.613. The Labute approximate surface area is 188 Å². The number of nitrogens with one attached hydrogen (secondary N) is 2. The second-order valence-electron chi connectivity index (χ2n) is 7.31. The van der Waals surface area contributed by atoms with E-state index in [1.54, 1.807) is 0 Å². The minimum atomic E-state index is -4.55. The van der Waals surface area contributed by atoms with Gasteiger partial charge in [0.25, 0.3) is 11.8 Å². The van der Waals surface area contributed by atoms with Crippen LogP contribution in [0, 0.1) is 0 Å². The number of halogens is 3. The predicted octanol–water partition coefficient (Wildman–Crippen LogP) is 2.72. The van der Waals surface area contributed by atoms with Gasteiger partial charge in [-0.1, -0.05) is 18.6 Å². The van der Waals surface area contributed by atoms with Gasteiger partial charge < -0.3 is 4.74 Å². The molecule has 0 aromatic heterocycles. The molecule has 33 heavy (non-hydrogen) atoms. The molecule has 0 unspecified atom stereocenters. The minimum Gasteiger partial charge on any atom is -0.484 e. The van der Waals surface area contributed by atoms with Gasteiger partial charge in [0, 0.05) is 18.7 Å². The number of ether oxygens (including phenoxy) is 1. The summed E-state index contributed by atoms with van der Waals surface area (Å²) in [5.74, 6) is -1.75. The molecule has 0 atom stereocenters. The van der Waals surface area contributed by atoms with Gasteiger partial charge in [-0.2, -0.15) is 17.5 Å². The summed E-state index contributed by atoms with van der Waals surface area (Å²) in [5.41, 5.74) is 3.28. The van der Waals surface area contributed by atoms with Crippen molar-refractivity contribution in [1.82, 2.24) is 15.2 Å². The topological polar surface area (TPSA) is 105 Å². The number of hydrogen-bond donors (Lipinski definition) is 2. The SMILES string of the molecule is O=C(COc1cccc(C(F)(F)F)c1)NNC(=O)c1cccc(S(=O)(=O)N2CCCCC2)c1. The van der Waals surface area contributed by atoms with Crippen LogP contribution in [0.2, 0.25) is 0 Å². The van der Waals surface area contributed by atoms with Crippen molar-refractivity contribution >= 4 is 21.8 Å². The maximum absolute atomic E-state index is 12.8. The van der Waals surface area contributed by atoms with Crippen LogP contribution in [0.3, 0.4) is 0 Å². The van der Waals surface area contributed by atoms with Crippen molar-refractivity contribution in [1.29, 1.82) is 0 Å². The average Bonchev–Trinajstić information content (AvgIpc) is 2.81. The number of carbonyl (C=O) groups excluding carboxylic acids is 2. The maximum Gasteiger partial charge on any atom is 0.416 e. The van der Waals surface area contributed by atoms with Gasteiger partial charge in [0.15, 0.2) is 6.61 Å². The summed E-state index contributed by atoms with van der Waals surface area (Å²) in [7, 11) is -3.74. The van der Waals surface area contributed by atoms with Crippen LogP contribution in [0.25, 0.3) is 0 Å². The molecular formula is C21H22F3N3O5S. The number of hydrogen-bond acceptors (Lipinski definition) is 5. The van der Waals surface area contributed by atoms with Crippen LogP contribution in [-0.4, -0.2) is 44.2 Å². The fourth-order valence-electron chi connectivity index (χ4n) is 3.20. The number of nitrogens with zero attached hydrogens (tertiary/aromatic N) is 1. The largest absolute Gasteiger partial charge is 0.484 e. The van der Waals surface area contributed by atoms with Crippen LogP contribution in [0.5, 0.6) is 5.75 Å². The summed E-state index contributed by atoms with van der Waals surface area (Å²) in [4.78, 5) is 24.2. The molecule has 0 saturated carbocycles. The number of sulfonamides is 1. The van der Waals surface area contributed by atoms with Crippen molar-refractivity contribution in [2.24, 2.45) is 0 Å². The van der Waals surface area contributed by atoms with E-state index in [2.05, 4.69) is 10.9 Å². The zero-order chi connectivity index (χ0) is 24.1. The molecular weight excluding hydrogens is 463 g/mol. The first kappa shape index (κ1) is 24.5. The fraction of sp³-hybridized carbons (Fsp3) is 0.333. The molecule has 1 fully saturated rings.